The summed E-state index contributed by atoms with van der Waals surface area (Å²) < 4.78 is 0. The molecular formula is C17H18N4O3. The monoisotopic (exact) mass is 326 g/mol. The molecule has 0 spiro atoms. The molecule has 0 fully saturated rings. The second-order valence-corrected chi connectivity index (χ2v) is 5.51. The van der Waals surface area contributed by atoms with Gasteiger partial charge in [-0.2, -0.15) is 0 Å². The Kier molecular flexibility index (Phi) is 4.24. The van der Waals surface area contributed by atoms with Gasteiger partial charge in [0.2, 0.25) is 5.96 Å². The molecular weight excluding hydrogens is 308 g/mol. The SMILES string of the molecule is NC1=NNC(c2ccccc2O)N1C(Cc1ccccc1)C(=O)O. The number of phenols is 1. The number of carboxylic acid groups (broad SMARTS) is 1. The first kappa shape index (κ1) is 15.7. The maximum absolute atomic E-state index is 11.9. The highest BCUT2D eigenvalue weighted by atomic mass is 16.4. The lowest BCUT2D eigenvalue weighted by Crippen LogP contribution is -2.49. The highest BCUT2D eigenvalue weighted by Gasteiger charge is 2.38. The first-order chi connectivity index (χ1) is 11.6. The van der Waals surface area contributed by atoms with Crippen LogP contribution < -0.4 is 11.2 Å². The number of para-hydroxylation sites is 1. The van der Waals surface area contributed by atoms with Gasteiger partial charge in [0.05, 0.1) is 0 Å². The van der Waals surface area contributed by atoms with Crippen molar-refractivity contribution in [1.82, 2.24) is 10.3 Å². The lowest BCUT2D eigenvalue weighted by Gasteiger charge is -2.31. The number of nitrogens with zero attached hydrogens (tertiary/aromatic N) is 2. The van der Waals surface area contributed by atoms with E-state index >= 15 is 0 Å². The molecule has 2 unspecified atom stereocenters. The molecule has 0 saturated carbocycles. The number of phenolic OH excluding ortho intramolecular Hbond substituents is 1. The summed E-state index contributed by atoms with van der Waals surface area (Å²) in [7, 11) is 0. The van der Waals surface area contributed by atoms with Crippen molar-refractivity contribution >= 4 is 11.9 Å². The van der Waals surface area contributed by atoms with Crippen molar-refractivity contribution in [2.75, 3.05) is 0 Å². The van der Waals surface area contributed by atoms with Gasteiger partial charge in [-0.15, -0.1) is 5.10 Å². The van der Waals surface area contributed by atoms with Crippen molar-refractivity contribution in [3.05, 3.63) is 65.7 Å². The summed E-state index contributed by atoms with van der Waals surface area (Å²) in [4.78, 5) is 13.3. The van der Waals surface area contributed by atoms with Crippen molar-refractivity contribution in [2.45, 2.75) is 18.6 Å². The molecule has 3 rings (SSSR count). The van der Waals surface area contributed by atoms with Crippen molar-refractivity contribution in [1.29, 1.82) is 0 Å². The fourth-order valence-electron chi connectivity index (χ4n) is 2.80. The van der Waals surface area contributed by atoms with Crippen LogP contribution in [0.2, 0.25) is 0 Å². The van der Waals surface area contributed by atoms with E-state index in [-0.39, 0.29) is 18.1 Å². The van der Waals surface area contributed by atoms with E-state index in [0.29, 0.717) is 5.56 Å². The average molecular weight is 326 g/mol. The van der Waals surface area contributed by atoms with Crippen molar-refractivity contribution in [3.8, 4) is 5.75 Å². The summed E-state index contributed by atoms with van der Waals surface area (Å²) in [5.74, 6) is -0.888. The van der Waals surface area contributed by atoms with Crippen LogP contribution in [0, 0.1) is 0 Å². The zero-order valence-corrected chi connectivity index (χ0v) is 12.8. The normalized spacial score (nSPS) is 17.9. The van der Waals surface area contributed by atoms with E-state index < -0.39 is 18.2 Å². The molecule has 1 aliphatic heterocycles. The van der Waals surface area contributed by atoms with Crippen LogP contribution in [0.15, 0.2) is 59.7 Å². The molecule has 24 heavy (non-hydrogen) atoms. The average Bonchev–Trinajstić information content (AvgIpc) is 2.95. The molecule has 0 aliphatic carbocycles. The molecule has 0 aromatic heterocycles. The molecule has 7 nitrogen and oxygen atoms in total. The largest absolute Gasteiger partial charge is 0.508 e. The van der Waals surface area contributed by atoms with Gasteiger partial charge in [-0.05, 0) is 11.6 Å². The smallest absolute Gasteiger partial charge is 0.326 e. The molecule has 0 bridgehead atoms. The zero-order valence-electron chi connectivity index (χ0n) is 12.8. The van der Waals surface area contributed by atoms with Gasteiger partial charge >= 0.3 is 5.97 Å². The van der Waals surface area contributed by atoms with Gasteiger partial charge in [0, 0.05) is 12.0 Å². The number of hydrogen-bond donors (Lipinski definition) is 4. The quantitative estimate of drug-likeness (QED) is 0.657. The van der Waals surface area contributed by atoms with E-state index in [0.717, 1.165) is 5.56 Å². The summed E-state index contributed by atoms with van der Waals surface area (Å²) >= 11 is 0. The number of carbonyl (C=O) groups is 1. The van der Waals surface area contributed by atoms with E-state index in [9.17, 15) is 15.0 Å². The molecule has 0 saturated heterocycles. The molecule has 1 aliphatic rings. The number of nitrogens with one attached hydrogen (secondary N) is 1. The van der Waals surface area contributed by atoms with E-state index in [2.05, 4.69) is 10.5 Å². The molecule has 1 heterocycles. The van der Waals surface area contributed by atoms with Gasteiger partial charge in [0.15, 0.2) is 0 Å². The highest BCUT2D eigenvalue weighted by Crippen LogP contribution is 2.31. The summed E-state index contributed by atoms with van der Waals surface area (Å²) in [6.45, 7) is 0. The number of aromatic hydroxyl groups is 1. The molecule has 2 atom stereocenters. The minimum atomic E-state index is -1.01. The number of hydrogen-bond acceptors (Lipinski definition) is 6. The fourth-order valence-corrected chi connectivity index (χ4v) is 2.80. The maximum atomic E-state index is 11.9. The van der Waals surface area contributed by atoms with Crippen LogP contribution in [0.1, 0.15) is 17.3 Å². The van der Waals surface area contributed by atoms with Gasteiger partial charge in [0.25, 0.3) is 0 Å². The summed E-state index contributed by atoms with van der Waals surface area (Å²) in [5, 5.41) is 23.7. The number of carboxylic acids is 1. The second-order valence-electron chi connectivity index (χ2n) is 5.51. The van der Waals surface area contributed by atoms with Crippen molar-refractivity contribution < 1.29 is 15.0 Å². The van der Waals surface area contributed by atoms with Crippen LogP contribution in [-0.4, -0.2) is 33.1 Å². The van der Waals surface area contributed by atoms with E-state index in [4.69, 9.17) is 5.73 Å². The minimum absolute atomic E-state index is 0.0498. The zero-order chi connectivity index (χ0) is 17.1. The third-order valence-corrected chi connectivity index (χ3v) is 3.97. The Morgan fingerprint density at radius 1 is 1.21 bits per heavy atom. The van der Waals surface area contributed by atoms with Gasteiger partial charge in [-0.1, -0.05) is 48.5 Å². The summed E-state index contributed by atoms with van der Waals surface area (Å²) in [5.41, 5.74) is 10.1. The van der Waals surface area contributed by atoms with Crippen LogP contribution in [0.25, 0.3) is 0 Å². The first-order valence-electron chi connectivity index (χ1n) is 7.49. The van der Waals surface area contributed by atoms with Gasteiger partial charge in [0.1, 0.15) is 18.0 Å². The Morgan fingerprint density at radius 3 is 2.54 bits per heavy atom. The summed E-state index contributed by atoms with van der Waals surface area (Å²) in [6, 6.07) is 15.1. The van der Waals surface area contributed by atoms with Crippen molar-refractivity contribution in [2.24, 2.45) is 10.8 Å². The second kappa shape index (κ2) is 6.49. The minimum Gasteiger partial charge on any atom is -0.508 e. The Labute approximate surface area is 139 Å². The third-order valence-electron chi connectivity index (χ3n) is 3.97. The highest BCUT2D eigenvalue weighted by molar-refractivity contribution is 5.86. The Balaban J connectivity index is 1.94. The predicted octanol–water partition coefficient (Wildman–Crippen LogP) is 1.22. The molecule has 124 valence electrons. The molecule has 0 amide bonds. The molecule has 7 heteroatoms. The molecule has 2 aromatic carbocycles. The number of benzene rings is 2. The van der Waals surface area contributed by atoms with Crippen LogP contribution >= 0.6 is 0 Å². The predicted molar refractivity (Wildman–Crippen MR) is 89.0 cm³/mol. The van der Waals surface area contributed by atoms with Crippen molar-refractivity contribution in [3.63, 3.8) is 0 Å². The van der Waals surface area contributed by atoms with Gasteiger partial charge in [-0.25, -0.2) is 4.79 Å². The third kappa shape index (κ3) is 2.96. The van der Waals surface area contributed by atoms with Gasteiger partial charge < -0.3 is 20.8 Å². The molecule has 5 N–H and O–H groups in total. The van der Waals surface area contributed by atoms with Crippen LogP contribution in [0.3, 0.4) is 0 Å². The Hall–Kier alpha value is -3.22. The van der Waals surface area contributed by atoms with Crippen LogP contribution in [-0.2, 0) is 11.2 Å². The fraction of sp³-hybridized carbons (Fsp3) is 0.176. The van der Waals surface area contributed by atoms with E-state index in [1.807, 2.05) is 30.3 Å². The first-order valence-corrected chi connectivity index (χ1v) is 7.49. The lowest BCUT2D eigenvalue weighted by atomic mass is 10.0. The summed E-state index contributed by atoms with van der Waals surface area (Å²) in [6.07, 6.45) is -0.381. The van der Waals surface area contributed by atoms with Gasteiger partial charge in [-0.3, -0.25) is 5.43 Å². The van der Waals surface area contributed by atoms with E-state index in [1.165, 1.54) is 11.0 Å². The molecule has 0 radical (unpaired) electrons. The van der Waals surface area contributed by atoms with Crippen LogP contribution in [0.5, 0.6) is 5.75 Å². The van der Waals surface area contributed by atoms with E-state index in [1.54, 1.807) is 18.2 Å². The molecule has 2 aromatic rings. The number of aliphatic carboxylic acids is 1. The Morgan fingerprint density at radius 2 is 1.88 bits per heavy atom. The topological polar surface area (TPSA) is 111 Å². The number of nitrogens with two attached hydrogens (primary N) is 1. The Bertz CT molecular complexity index is 763. The maximum Gasteiger partial charge on any atom is 0.326 e. The number of guanidine groups is 1. The number of hydrazone groups is 1. The van der Waals surface area contributed by atoms with Crippen LogP contribution in [0.4, 0.5) is 0 Å². The standard InChI is InChI=1S/C17H18N4O3/c18-17-20-19-15(12-8-4-5-9-14(12)22)21(17)13(16(23)24)10-11-6-2-1-3-7-11/h1-9,13,15,19,22H,10H2,(H2,18,20)(H,23,24). The number of rotatable bonds is 5. The lowest BCUT2D eigenvalue weighted by molar-refractivity contribution is -0.142.